The van der Waals surface area contributed by atoms with Crippen LogP contribution in [0, 0.1) is 6.92 Å². The van der Waals surface area contributed by atoms with Gasteiger partial charge in [0.1, 0.15) is 11.8 Å². The highest BCUT2D eigenvalue weighted by molar-refractivity contribution is 5.77. The Balaban J connectivity index is 2.25. The molecule has 0 aliphatic carbocycles. The molecule has 0 amide bonds. The minimum Gasteiger partial charge on any atom is -0.369 e. The summed E-state index contributed by atoms with van der Waals surface area (Å²) in [6.45, 7) is 6.79. The molecule has 3 rings (SSSR count). The Hall–Kier alpha value is -2.38. The SMILES string of the molecule is CCn1nc(C)c2nc(N)n(C(C)c3nncn3C)c21. The van der Waals surface area contributed by atoms with Gasteiger partial charge in [0.2, 0.25) is 5.95 Å². The Morgan fingerprint density at radius 3 is 2.75 bits per heavy atom. The van der Waals surface area contributed by atoms with Gasteiger partial charge in [0.05, 0.1) is 11.7 Å². The lowest BCUT2D eigenvalue weighted by Crippen LogP contribution is -2.16. The molecule has 0 spiro atoms. The lowest BCUT2D eigenvalue weighted by Gasteiger charge is -2.15. The summed E-state index contributed by atoms with van der Waals surface area (Å²) in [5.41, 5.74) is 8.76. The van der Waals surface area contributed by atoms with Gasteiger partial charge in [-0.25, -0.2) is 9.67 Å². The van der Waals surface area contributed by atoms with E-state index in [0.29, 0.717) is 5.95 Å². The molecule has 3 aromatic rings. The lowest BCUT2D eigenvalue weighted by molar-refractivity contribution is 0.567. The molecule has 1 atom stereocenters. The molecule has 106 valence electrons. The number of hydrogen-bond donors (Lipinski definition) is 1. The number of anilines is 1. The molecule has 0 saturated heterocycles. The Kier molecular flexibility index (Phi) is 2.73. The van der Waals surface area contributed by atoms with E-state index in [2.05, 4.69) is 20.3 Å². The maximum absolute atomic E-state index is 6.10. The van der Waals surface area contributed by atoms with Crippen LogP contribution in [0.15, 0.2) is 6.33 Å². The van der Waals surface area contributed by atoms with Gasteiger partial charge in [0, 0.05) is 13.6 Å². The summed E-state index contributed by atoms with van der Waals surface area (Å²) in [5.74, 6) is 1.30. The molecule has 0 aromatic carbocycles. The van der Waals surface area contributed by atoms with Gasteiger partial charge in [0.15, 0.2) is 11.5 Å². The van der Waals surface area contributed by atoms with Gasteiger partial charge in [-0.15, -0.1) is 10.2 Å². The molecular weight excluding hydrogens is 256 g/mol. The number of hydrogen-bond acceptors (Lipinski definition) is 5. The summed E-state index contributed by atoms with van der Waals surface area (Å²) in [6, 6.07) is -0.0612. The topological polar surface area (TPSA) is 92.4 Å². The van der Waals surface area contributed by atoms with Crippen LogP contribution in [0.4, 0.5) is 5.95 Å². The normalized spacial score (nSPS) is 13.2. The third-order valence-corrected chi connectivity index (χ3v) is 3.58. The van der Waals surface area contributed by atoms with Crippen LogP contribution in [0.3, 0.4) is 0 Å². The van der Waals surface area contributed by atoms with Gasteiger partial charge in [-0.2, -0.15) is 5.10 Å². The van der Waals surface area contributed by atoms with Crippen molar-refractivity contribution in [3.8, 4) is 0 Å². The third-order valence-electron chi connectivity index (χ3n) is 3.58. The third kappa shape index (κ3) is 1.60. The van der Waals surface area contributed by atoms with E-state index in [-0.39, 0.29) is 6.04 Å². The first-order valence-electron chi connectivity index (χ1n) is 6.59. The van der Waals surface area contributed by atoms with Gasteiger partial charge in [-0.3, -0.25) is 4.57 Å². The number of nitrogens with zero attached hydrogens (tertiary/aromatic N) is 7. The fourth-order valence-corrected chi connectivity index (χ4v) is 2.59. The second-order valence-electron chi connectivity index (χ2n) is 4.89. The number of fused-ring (bicyclic) bond motifs is 1. The van der Waals surface area contributed by atoms with E-state index in [1.165, 1.54) is 0 Å². The zero-order chi connectivity index (χ0) is 14.4. The van der Waals surface area contributed by atoms with Crippen LogP contribution in [-0.4, -0.2) is 34.1 Å². The van der Waals surface area contributed by atoms with E-state index in [4.69, 9.17) is 5.73 Å². The van der Waals surface area contributed by atoms with Gasteiger partial charge < -0.3 is 10.3 Å². The van der Waals surface area contributed by atoms with Gasteiger partial charge >= 0.3 is 0 Å². The van der Waals surface area contributed by atoms with Crippen LogP contribution in [0.2, 0.25) is 0 Å². The Bertz CT molecular complexity index is 762. The highest BCUT2D eigenvalue weighted by atomic mass is 15.4. The molecule has 0 fully saturated rings. The van der Waals surface area contributed by atoms with Crippen LogP contribution in [-0.2, 0) is 13.6 Å². The van der Waals surface area contributed by atoms with Crippen molar-refractivity contribution < 1.29 is 0 Å². The number of nitrogen functional groups attached to an aromatic ring is 1. The average Bonchev–Trinajstić information content (AvgIpc) is 3.05. The zero-order valence-corrected chi connectivity index (χ0v) is 12.1. The first-order chi connectivity index (χ1) is 9.54. The second kappa shape index (κ2) is 4.32. The lowest BCUT2D eigenvalue weighted by atomic mass is 10.3. The summed E-state index contributed by atoms with van der Waals surface area (Å²) in [4.78, 5) is 4.44. The molecule has 20 heavy (non-hydrogen) atoms. The second-order valence-corrected chi connectivity index (χ2v) is 4.89. The van der Waals surface area contributed by atoms with E-state index in [1.807, 2.05) is 41.6 Å². The molecule has 0 aliphatic rings. The van der Waals surface area contributed by atoms with Crippen molar-refractivity contribution in [1.29, 1.82) is 0 Å². The van der Waals surface area contributed by atoms with Crippen LogP contribution >= 0.6 is 0 Å². The minimum absolute atomic E-state index is 0.0612. The van der Waals surface area contributed by atoms with E-state index in [9.17, 15) is 0 Å². The van der Waals surface area contributed by atoms with Crippen molar-refractivity contribution in [3.63, 3.8) is 0 Å². The molecular formula is C12H18N8. The molecule has 8 nitrogen and oxygen atoms in total. The van der Waals surface area contributed by atoms with Crippen molar-refractivity contribution in [1.82, 2.24) is 34.1 Å². The van der Waals surface area contributed by atoms with Crippen molar-refractivity contribution in [3.05, 3.63) is 17.8 Å². The Labute approximate surface area is 116 Å². The molecule has 1 unspecified atom stereocenters. The molecule has 0 saturated carbocycles. The number of rotatable bonds is 3. The average molecular weight is 274 g/mol. The van der Waals surface area contributed by atoms with E-state index >= 15 is 0 Å². The predicted molar refractivity (Wildman–Crippen MR) is 75.2 cm³/mol. The minimum atomic E-state index is -0.0612. The molecule has 3 aromatic heterocycles. The summed E-state index contributed by atoms with van der Waals surface area (Å²) in [7, 11) is 1.92. The van der Waals surface area contributed by atoms with Crippen molar-refractivity contribution in [2.24, 2.45) is 7.05 Å². The highest BCUT2D eigenvalue weighted by Crippen LogP contribution is 2.27. The summed E-state index contributed by atoms with van der Waals surface area (Å²) < 4.78 is 5.76. The zero-order valence-electron chi connectivity index (χ0n) is 12.1. The summed E-state index contributed by atoms with van der Waals surface area (Å²) >= 11 is 0. The largest absolute Gasteiger partial charge is 0.369 e. The maximum atomic E-state index is 6.10. The molecule has 0 bridgehead atoms. The van der Waals surface area contributed by atoms with Crippen LogP contribution in [0.1, 0.15) is 31.4 Å². The summed E-state index contributed by atoms with van der Waals surface area (Å²) in [6.07, 6.45) is 1.68. The highest BCUT2D eigenvalue weighted by Gasteiger charge is 2.23. The molecule has 0 aliphatic heterocycles. The van der Waals surface area contributed by atoms with Gasteiger partial charge in [-0.05, 0) is 20.8 Å². The Morgan fingerprint density at radius 2 is 2.15 bits per heavy atom. The molecule has 0 radical (unpaired) electrons. The van der Waals surface area contributed by atoms with Crippen LogP contribution < -0.4 is 5.73 Å². The van der Waals surface area contributed by atoms with Gasteiger partial charge in [-0.1, -0.05) is 0 Å². The number of imidazole rings is 1. The van der Waals surface area contributed by atoms with E-state index < -0.39 is 0 Å². The quantitative estimate of drug-likeness (QED) is 0.765. The number of aryl methyl sites for hydroxylation is 3. The van der Waals surface area contributed by atoms with Crippen LogP contribution in [0.25, 0.3) is 11.2 Å². The van der Waals surface area contributed by atoms with Crippen molar-refractivity contribution in [2.75, 3.05) is 5.73 Å². The first kappa shape index (κ1) is 12.6. The van der Waals surface area contributed by atoms with Crippen molar-refractivity contribution >= 4 is 17.1 Å². The monoisotopic (exact) mass is 274 g/mol. The summed E-state index contributed by atoms with van der Waals surface area (Å²) in [5, 5.41) is 12.6. The molecule has 8 heteroatoms. The smallest absolute Gasteiger partial charge is 0.203 e. The van der Waals surface area contributed by atoms with Crippen molar-refractivity contribution in [2.45, 2.75) is 33.4 Å². The first-order valence-corrected chi connectivity index (χ1v) is 6.59. The standard InChI is InChI=1S/C12H18N8/c1-5-19-11-9(7(2)17-19)15-12(13)20(11)8(3)10-16-14-6-18(10)4/h6,8H,5H2,1-4H3,(H2,13,15). The van der Waals surface area contributed by atoms with Crippen LogP contribution in [0.5, 0.6) is 0 Å². The maximum Gasteiger partial charge on any atom is 0.203 e. The van der Waals surface area contributed by atoms with Gasteiger partial charge in [0.25, 0.3) is 0 Å². The number of aromatic nitrogens is 7. The molecule has 3 heterocycles. The predicted octanol–water partition coefficient (Wildman–Crippen LogP) is 0.881. The Morgan fingerprint density at radius 1 is 1.40 bits per heavy atom. The van der Waals surface area contributed by atoms with E-state index in [1.54, 1.807) is 6.33 Å². The fraction of sp³-hybridized carbons (Fsp3) is 0.500. The fourth-order valence-electron chi connectivity index (χ4n) is 2.59. The molecule has 2 N–H and O–H groups in total. The number of nitrogens with two attached hydrogens (primary N) is 1. The van der Waals surface area contributed by atoms with E-state index in [0.717, 1.165) is 29.2 Å².